The van der Waals surface area contributed by atoms with Crippen LogP contribution in [0, 0.1) is 11.8 Å². The summed E-state index contributed by atoms with van der Waals surface area (Å²) < 4.78 is 45.1. The molecule has 2 aromatic carbocycles. The van der Waals surface area contributed by atoms with Crippen molar-refractivity contribution in [3.05, 3.63) is 35.4 Å². The van der Waals surface area contributed by atoms with Crippen LogP contribution < -0.4 is 28.4 Å². The summed E-state index contributed by atoms with van der Waals surface area (Å²) in [4.78, 5) is 11.6. The number of carbonyl (C=O) groups is 1. The van der Waals surface area contributed by atoms with Crippen LogP contribution in [0.1, 0.15) is 30.3 Å². The molecule has 10 heteroatoms. The van der Waals surface area contributed by atoms with Crippen molar-refractivity contribution in [1.82, 2.24) is 0 Å². The van der Waals surface area contributed by atoms with E-state index in [1.807, 2.05) is 24.3 Å². The van der Waals surface area contributed by atoms with Crippen molar-refractivity contribution in [1.29, 1.82) is 0 Å². The number of esters is 1. The maximum absolute atomic E-state index is 11.6. The van der Waals surface area contributed by atoms with Gasteiger partial charge < -0.3 is 43.0 Å². The Morgan fingerprint density at radius 3 is 1.88 bits per heavy atom. The predicted octanol–water partition coefficient (Wildman–Crippen LogP) is 2.76. The molecular formula is C24H26O10. The van der Waals surface area contributed by atoms with Crippen LogP contribution in [0.5, 0.6) is 34.5 Å². The number of carbonyl (C=O) groups excluding carboxylic acids is 1. The highest BCUT2D eigenvalue weighted by Gasteiger charge is 2.47. The lowest BCUT2D eigenvalue weighted by atomic mass is 9.83. The van der Waals surface area contributed by atoms with Crippen molar-refractivity contribution in [3.8, 4) is 34.5 Å². The number of hydrogen-bond acceptors (Lipinski definition) is 10. The second kappa shape index (κ2) is 9.11. The summed E-state index contributed by atoms with van der Waals surface area (Å²) in [6.45, 7) is 1.42. The van der Waals surface area contributed by atoms with Crippen molar-refractivity contribution in [2.24, 2.45) is 11.8 Å². The van der Waals surface area contributed by atoms with E-state index in [2.05, 4.69) is 0 Å². The minimum absolute atomic E-state index is 0.0696. The Bertz CT molecular complexity index is 1080. The van der Waals surface area contributed by atoms with Crippen molar-refractivity contribution in [2.45, 2.75) is 19.1 Å². The first-order valence-corrected chi connectivity index (χ1v) is 10.9. The van der Waals surface area contributed by atoms with E-state index in [1.165, 1.54) is 6.92 Å². The van der Waals surface area contributed by atoms with Crippen molar-refractivity contribution in [3.63, 3.8) is 0 Å². The molecule has 1 N–H and O–H groups in total. The molecule has 3 aliphatic heterocycles. The fourth-order valence-electron chi connectivity index (χ4n) is 4.74. The molecule has 0 bridgehead atoms. The van der Waals surface area contributed by atoms with E-state index < -0.39 is 18.2 Å². The quantitative estimate of drug-likeness (QED) is 0.601. The van der Waals surface area contributed by atoms with Crippen LogP contribution >= 0.6 is 0 Å². The van der Waals surface area contributed by atoms with Gasteiger partial charge in [0.1, 0.15) is 0 Å². The van der Waals surface area contributed by atoms with E-state index in [0.29, 0.717) is 34.5 Å². The zero-order valence-electron chi connectivity index (χ0n) is 19.1. The average molecular weight is 474 g/mol. The zero-order chi connectivity index (χ0) is 23.8. The van der Waals surface area contributed by atoms with Crippen LogP contribution in [0.4, 0.5) is 0 Å². The van der Waals surface area contributed by atoms with Crippen LogP contribution in [0.3, 0.4) is 0 Å². The molecule has 0 spiro atoms. The predicted molar refractivity (Wildman–Crippen MR) is 115 cm³/mol. The lowest BCUT2D eigenvalue weighted by Gasteiger charge is -2.23. The Morgan fingerprint density at radius 2 is 1.41 bits per heavy atom. The monoisotopic (exact) mass is 474 g/mol. The van der Waals surface area contributed by atoms with Gasteiger partial charge >= 0.3 is 5.97 Å². The van der Waals surface area contributed by atoms with E-state index in [-0.39, 0.29) is 38.6 Å². The SMILES string of the molecule is COc1cc([C@H]2O[C@@H](c3cc(OC)c4c(c3)OCO4)[C@@H](CO)[C@@H]2COC(C)=O)cc2c1OCO2. The summed E-state index contributed by atoms with van der Waals surface area (Å²) in [5.41, 5.74) is 1.51. The standard InChI is InChI=1S/C24H26O10/c1-12(26)29-9-16-15(8-25)21(13-4-17(27-2)23-19(6-13)30-10-32-23)34-22(16)14-5-18(28-3)24-20(7-14)31-11-33-24/h4-7,15-16,21-22,25H,8-11H2,1-3H3/t15-,16-,21-,22+/m0/s1. The minimum atomic E-state index is -0.532. The molecule has 4 atom stereocenters. The molecule has 2 aromatic rings. The Balaban J connectivity index is 1.55. The summed E-state index contributed by atoms with van der Waals surface area (Å²) in [7, 11) is 3.09. The number of aliphatic hydroxyl groups is 1. The van der Waals surface area contributed by atoms with Gasteiger partial charge in [-0.2, -0.15) is 0 Å². The molecule has 34 heavy (non-hydrogen) atoms. The van der Waals surface area contributed by atoms with Crippen LogP contribution in [0.25, 0.3) is 0 Å². The third-order valence-electron chi connectivity index (χ3n) is 6.33. The van der Waals surface area contributed by atoms with E-state index in [0.717, 1.165) is 11.1 Å². The number of aliphatic hydroxyl groups excluding tert-OH is 1. The molecule has 10 nitrogen and oxygen atoms in total. The van der Waals surface area contributed by atoms with E-state index in [4.69, 9.17) is 37.9 Å². The Hall–Kier alpha value is -3.37. The highest BCUT2D eigenvalue weighted by Crippen LogP contribution is 2.54. The summed E-state index contributed by atoms with van der Waals surface area (Å²) in [5, 5.41) is 10.4. The molecular weight excluding hydrogens is 448 g/mol. The molecule has 0 saturated carbocycles. The molecule has 0 radical (unpaired) electrons. The summed E-state index contributed by atoms with van der Waals surface area (Å²) in [5.74, 6) is 2.01. The van der Waals surface area contributed by atoms with Crippen LogP contribution in [-0.4, -0.2) is 52.1 Å². The van der Waals surface area contributed by atoms with Gasteiger partial charge in [-0.05, 0) is 35.4 Å². The van der Waals surface area contributed by atoms with Crippen molar-refractivity contribution in [2.75, 3.05) is 41.0 Å². The van der Waals surface area contributed by atoms with Gasteiger partial charge in [0, 0.05) is 25.4 Å². The molecule has 1 fully saturated rings. The first kappa shape index (κ1) is 22.4. The maximum Gasteiger partial charge on any atom is 0.302 e. The largest absolute Gasteiger partial charge is 0.493 e. The molecule has 0 aliphatic carbocycles. The fraction of sp³-hybridized carbons (Fsp3) is 0.458. The normalized spacial score (nSPS) is 24.2. The number of hydrogen-bond donors (Lipinski definition) is 1. The Labute approximate surface area is 196 Å². The fourth-order valence-corrected chi connectivity index (χ4v) is 4.74. The summed E-state index contributed by atoms with van der Waals surface area (Å²) in [6.07, 6.45) is -1.06. The Morgan fingerprint density at radius 1 is 0.882 bits per heavy atom. The molecule has 5 rings (SSSR count). The molecule has 0 amide bonds. The maximum atomic E-state index is 11.6. The van der Waals surface area contributed by atoms with Crippen molar-refractivity contribution < 1.29 is 47.8 Å². The number of methoxy groups -OCH3 is 2. The first-order chi connectivity index (χ1) is 16.5. The van der Waals surface area contributed by atoms with Gasteiger partial charge in [-0.15, -0.1) is 0 Å². The summed E-state index contributed by atoms with van der Waals surface area (Å²) >= 11 is 0. The molecule has 1 saturated heterocycles. The number of benzene rings is 2. The molecule has 3 heterocycles. The summed E-state index contributed by atoms with van der Waals surface area (Å²) in [6, 6.07) is 7.28. The third kappa shape index (κ3) is 3.82. The number of rotatable bonds is 7. The highest BCUT2D eigenvalue weighted by molar-refractivity contribution is 5.66. The van der Waals surface area contributed by atoms with Crippen LogP contribution in [0.2, 0.25) is 0 Å². The second-order valence-corrected chi connectivity index (χ2v) is 8.20. The van der Waals surface area contributed by atoms with E-state index in [9.17, 15) is 9.90 Å². The molecule has 3 aliphatic rings. The number of fused-ring (bicyclic) bond motifs is 2. The first-order valence-electron chi connectivity index (χ1n) is 10.9. The third-order valence-corrected chi connectivity index (χ3v) is 6.33. The van der Waals surface area contributed by atoms with E-state index in [1.54, 1.807) is 14.2 Å². The van der Waals surface area contributed by atoms with E-state index >= 15 is 0 Å². The molecule has 182 valence electrons. The zero-order valence-corrected chi connectivity index (χ0v) is 19.1. The van der Waals surface area contributed by atoms with Crippen LogP contribution in [0.15, 0.2) is 24.3 Å². The minimum Gasteiger partial charge on any atom is -0.493 e. The van der Waals surface area contributed by atoms with Gasteiger partial charge in [0.25, 0.3) is 0 Å². The highest BCUT2D eigenvalue weighted by atomic mass is 16.7. The Kier molecular flexibility index (Phi) is 6.01. The molecule has 0 aromatic heterocycles. The lowest BCUT2D eigenvalue weighted by Crippen LogP contribution is -2.25. The van der Waals surface area contributed by atoms with Gasteiger partial charge in [-0.25, -0.2) is 0 Å². The van der Waals surface area contributed by atoms with Gasteiger partial charge in [0.05, 0.1) is 33.0 Å². The van der Waals surface area contributed by atoms with Gasteiger partial charge in [-0.1, -0.05) is 0 Å². The van der Waals surface area contributed by atoms with Crippen molar-refractivity contribution >= 4 is 5.97 Å². The smallest absolute Gasteiger partial charge is 0.302 e. The van der Waals surface area contributed by atoms with Gasteiger partial charge in [0.2, 0.25) is 25.1 Å². The second-order valence-electron chi connectivity index (χ2n) is 8.20. The number of ether oxygens (including phenoxy) is 8. The lowest BCUT2D eigenvalue weighted by molar-refractivity contribution is -0.143. The van der Waals surface area contributed by atoms with Crippen LogP contribution in [-0.2, 0) is 14.3 Å². The average Bonchev–Trinajstić information content (AvgIpc) is 3.58. The topological polar surface area (TPSA) is 111 Å². The molecule has 0 unspecified atom stereocenters. The van der Waals surface area contributed by atoms with Gasteiger partial charge in [-0.3, -0.25) is 4.79 Å². The van der Waals surface area contributed by atoms with Gasteiger partial charge in [0.15, 0.2) is 23.0 Å².